The summed E-state index contributed by atoms with van der Waals surface area (Å²) in [6.07, 6.45) is 0.120. The third kappa shape index (κ3) is 4.08. The molecule has 0 aliphatic carbocycles. The number of carbonyl (C=O) groups excluding carboxylic acids is 2. The van der Waals surface area contributed by atoms with Crippen molar-refractivity contribution in [3.63, 3.8) is 0 Å². The number of nitrogens with zero attached hydrogens (tertiary/aromatic N) is 3. The van der Waals surface area contributed by atoms with Gasteiger partial charge in [-0.3, -0.25) is 9.59 Å². The lowest BCUT2D eigenvalue weighted by Crippen LogP contribution is -2.26. The standard InChI is InChI=1S/C16H16ClN3O4S/c1-2-23-12-5-3-11(4-6-12)20-8-10(7-14(20)21)16(22)24-9-13-15(17)25-19-18-13/h3-6,10H,2,7-9H2,1H3/t10-/m1/s1. The van der Waals surface area contributed by atoms with Crippen molar-refractivity contribution in [3.05, 3.63) is 34.3 Å². The lowest BCUT2D eigenvalue weighted by Gasteiger charge is -2.17. The molecule has 2 aromatic rings. The first-order chi connectivity index (χ1) is 12.1. The fourth-order valence-corrected chi connectivity index (χ4v) is 3.15. The zero-order valence-electron chi connectivity index (χ0n) is 13.5. The second-order valence-corrected chi connectivity index (χ2v) is 6.79. The van der Waals surface area contributed by atoms with E-state index in [2.05, 4.69) is 9.59 Å². The first-order valence-electron chi connectivity index (χ1n) is 7.75. The van der Waals surface area contributed by atoms with E-state index in [0.29, 0.717) is 16.6 Å². The van der Waals surface area contributed by atoms with Crippen molar-refractivity contribution in [3.8, 4) is 5.75 Å². The summed E-state index contributed by atoms with van der Waals surface area (Å²) in [5, 5.41) is 3.79. The summed E-state index contributed by atoms with van der Waals surface area (Å²) in [6, 6.07) is 7.21. The van der Waals surface area contributed by atoms with Gasteiger partial charge in [-0.05, 0) is 31.2 Å². The maximum Gasteiger partial charge on any atom is 0.311 e. The molecule has 1 aromatic heterocycles. The van der Waals surface area contributed by atoms with Gasteiger partial charge in [-0.25, -0.2) is 0 Å². The van der Waals surface area contributed by atoms with Crippen LogP contribution in [0, 0.1) is 5.92 Å². The Morgan fingerprint density at radius 1 is 1.40 bits per heavy atom. The van der Waals surface area contributed by atoms with Gasteiger partial charge in [0.2, 0.25) is 5.91 Å². The van der Waals surface area contributed by atoms with Crippen molar-refractivity contribution in [1.82, 2.24) is 9.59 Å². The first-order valence-corrected chi connectivity index (χ1v) is 8.90. The minimum Gasteiger partial charge on any atom is -0.494 e. The Balaban J connectivity index is 1.59. The average Bonchev–Trinajstić information content (AvgIpc) is 3.19. The Kier molecular flexibility index (Phi) is 5.50. The molecule has 0 unspecified atom stereocenters. The Morgan fingerprint density at radius 3 is 2.80 bits per heavy atom. The fourth-order valence-electron chi connectivity index (χ4n) is 2.54. The van der Waals surface area contributed by atoms with E-state index in [1.807, 2.05) is 6.92 Å². The second-order valence-electron chi connectivity index (χ2n) is 5.43. The van der Waals surface area contributed by atoms with Gasteiger partial charge in [-0.1, -0.05) is 16.1 Å². The van der Waals surface area contributed by atoms with Crippen LogP contribution in [-0.4, -0.2) is 34.6 Å². The zero-order valence-corrected chi connectivity index (χ0v) is 15.0. The molecule has 0 spiro atoms. The minimum absolute atomic E-state index is 0.0398. The van der Waals surface area contributed by atoms with E-state index in [9.17, 15) is 9.59 Å². The van der Waals surface area contributed by atoms with Gasteiger partial charge >= 0.3 is 5.97 Å². The molecule has 1 aromatic carbocycles. The summed E-state index contributed by atoms with van der Waals surface area (Å²) >= 11 is 6.91. The van der Waals surface area contributed by atoms with Gasteiger partial charge in [-0.2, -0.15) is 0 Å². The Morgan fingerprint density at radius 2 is 2.16 bits per heavy atom. The number of benzene rings is 1. The number of carbonyl (C=O) groups is 2. The van der Waals surface area contributed by atoms with Crippen molar-refractivity contribution in [2.24, 2.45) is 5.92 Å². The van der Waals surface area contributed by atoms with Crippen molar-refractivity contribution in [2.75, 3.05) is 18.1 Å². The van der Waals surface area contributed by atoms with Crippen LogP contribution in [0.15, 0.2) is 24.3 Å². The molecule has 1 atom stereocenters. The van der Waals surface area contributed by atoms with Gasteiger partial charge in [-0.15, -0.1) is 5.10 Å². The van der Waals surface area contributed by atoms with Gasteiger partial charge in [0, 0.05) is 30.2 Å². The van der Waals surface area contributed by atoms with Crippen molar-refractivity contribution in [2.45, 2.75) is 20.0 Å². The molecular formula is C16H16ClN3O4S. The van der Waals surface area contributed by atoms with Crippen LogP contribution in [0.1, 0.15) is 19.0 Å². The number of ether oxygens (including phenoxy) is 2. The monoisotopic (exact) mass is 381 g/mol. The normalized spacial score (nSPS) is 17.0. The lowest BCUT2D eigenvalue weighted by atomic mass is 10.1. The first kappa shape index (κ1) is 17.6. The predicted octanol–water partition coefficient (Wildman–Crippen LogP) is 2.69. The van der Waals surface area contributed by atoms with E-state index < -0.39 is 11.9 Å². The highest BCUT2D eigenvalue weighted by molar-refractivity contribution is 7.10. The van der Waals surface area contributed by atoms with Crippen LogP contribution in [0.3, 0.4) is 0 Å². The third-order valence-corrected chi connectivity index (χ3v) is 4.76. The van der Waals surface area contributed by atoms with Crippen LogP contribution in [0.2, 0.25) is 4.34 Å². The van der Waals surface area contributed by atoms with Gasteiger partial charge in [0.15, 0.2) is 0 Å². The van der Waals surface area contributed by atoms with E-state index in [-0.39, 0.29) is 25.5 Å². The molecule has 9 heteroatoms. The molecule has 1 aliphatic heterocycles. The van der Waals surface area contributed by atoms with Gasteiger partial charge in [0.1, 0.15) is 22.4 Å². The number of esters is 1. The van der Waals surface area contributed by atoms with Crippen molar-refractivity contribution in [1.29, 1.82) is 0 Å². The SMILES string of the molecule is CCOc1ccc(N2C[C@H](C(=O)OCc3nnsc3Cl)CC2=O)cc1. The topological polar surface area (TPSA) is 81.6 Å². The highest BCUT2D eigenvalue weighted by atomic mass is 35.5. The largest absolute Gasteiger partial charge is 0.494 e. The van der Waals surface area contributed by atoms with E-state index in [0.717, 1.165) is 23.0 Å². The highest BCUT2D eigenvalue weighted by Gasteiger charge is 2.36. The summed E-state index contributed by atoms with van der Waals surface area (Å²) in [4.78, 5) is 26.0. The summed E-state index contributed by atoms with van der Waals surface area (Å²) in [5.41, 5.74) is 1.16. The molecule has 1 aliphatic rings. The van der Waals surface area contributed by atoms with Crippen LogP contribution in [0.4, 0.5) is 5.69 Å². The smallest absolute Gasteiger partial charge is 0.311 e. The Labute approximate surface area is 153 Å². The van der Waals surface area contributed by atoms with Crippen LogP contribution in [-0.2, 0) is 20.9 Å². The maximum atomic E-state index is 12.2. The van der Waals surface area contributed by atoms with Crippen LogP contribution < -0.4 is 9.64 Å². The average molecular weight is 382 g/mol. The van der Waals surface area contributed by atoms with Crippen LogP contribution in [0.25, 0.3) is 0 Å². The van der Waals surface area contributed by atoms with Crippen LogP contribution >= 0.6 is 23.1 Å². The third-order valence-electron chi connectivity index (χ3n) is 3.78. The summed E-state index contributed by atoms with van der Waals surface area (Å²) in [5.74, 6) is -0.322. The molecule has 0 bridgehead atoms. The summed E-state index contributed by atoms with van der Waals surface area (Å²) < 4.78 is 14.7. The van der Waals surface area contributed by atoms with Gasteiger partial charge in [0.25, 0.3) is 0 Å². The summed E-state index contributed by atoms with van der Waals surface area (Å²) in [6.45, 7) is 2.73. The number of rotatable bonds is 6. The zero-order chi connectivity index (χ0) is 17.8. The molecule has 3 rings (SSSR count). The molecule has 132 valence electrons. The van der Waals surface area contributed by atoms with E-state index in [1.165, 1.54) is 0 Å². The number of aromatic nitrogens is 2. The molecule has 0 radical (unpaired) electrons. The molecule has 7 nitrogen and oxygen atoms in total. The number of anilines is 1. The predicted molar refractivity (Wildman–Crippen MR) is 92.8 cm³/mol. The molecule has 1 saturated heterocycles. The number of halogens is 1. The quantitative estimate of drug-likeness (QED) is 0.715. The molecule has 2 heterocycles. The van der Waals surface area contributed by atoms with Crippen LogP contribution in [0.5, 0.6) is 5.75 Å². The Bertz CT molecular complexity index is 765. The molecule has 0 saturated carbocycles. The lowest BCUT2D eigenvalue weighted by molar-refractivity contribution is -0.149. The Hall–Kier alpha value is -2.19. The minimum atomic E-state index is -0.510. The molecular weight excluding hydrogens is 366 g/mol. The molecule has 25 heavy (non-hydrogen) atoms. The van der Waals surface area contributed by atoms with Crippen molar-refractivity contribution >= 4 is 40.7 Å². The van der Waals surface area contributed by atoms with E-state index in [4.69, 9.17) is 21.1 Å². The number of hydrogen-bond acceptors (Lipinski definition) is 7. The van der Waals surface area contributed by atoms with Gasteiger partial charge in [0.05, 0.1) is 12.5 Å². The van der Waals surface area contributed by atoms with Crippen molar-refractivity contribution < 1.29 is 19.1 Å². The van der Waals surface area contributed by atoms with E-state index >= 15 is 0 Å². The second kappa shape index (κ2) is 7.79. The molecule has 1 amide bonds. The molecule has 1 fully saturated rings. The number of amides is 1. The fraction of sp³-hybridized carbons (Fsp3) is 0.375. The van der Waals surface area contributed by atoms with E-state index in [1.54, 1.807) is 29.2 Å². The number of hydrogen-bond donors (Lipinski definition) is 0. The summed E-state index contributed by atoms with van der Waals surface area (Å²) in [7, 11) is 0. The highest BCUT2D eigenvalue weighted by Crippen LogP contribution is 2.28. The molecule has 0 N–H and O–H groups in total. The maximum absolute atomic E-state index is 12.2. The van der Waals surface area contributed by atoms with Gasteiger partial charge < -0.3 is 14.4 Å².